The minimum absolute atomic E-state index is 0.182. The van der Waals surface area contributed by atoms with Crippen LogP contribution in [-0.2, 0) is 6.42 Å². The van der Waals surface area contributed by atoms with E-state index in [1.54, 1.807) is 0 Å². The van der Waals surface area contributed by atoms with Crippen LogP contribution in [0.4, 0.5) is 23.0 Å². The van der Waals surface area contributed by atoms with Crippen molar-refractivity contribution in [2.24, 2.45) is 0 Å². The molecule has 0 aliphatic carbocycles. The first kappa shape index (κ1) is 13.8. The summed E-state index contributed by atoms with van der Waals surface area (Å²) >= 11 is 0. The normalized spacial score (nSPS) is 17.3. The second kappa shape index (κ2) is 5.05. The summed E-state index contributed by atoms with van der Waals surface area (Å²) in [6.45, 7) is 0. The molecule has 3 heterocycles. The van der Waals surface area contributed by atoms with Crippen molar-refractivity contribution < 1.29 is 0 Å². The summed E-state index contributed by atoms with van der Waals surface area (Å²) in [5, 5.41) is 0. The lowest BCUT2D eigenvalue weighted by atomic mass is 10.1. The van der Waals surface area contributed by atoms with Crippen molar-refractivity contribution in [2.75, 3.05) is 9.80 Å². The number of para-hydroxylation sites is 4. The Labute approximate surface area is 151 Å². The zero-order chi connectivity index (χ0) is 17.1. The number of anilines is 4. The van der Waals surface area contributed by atoms with Gasteiger partial charge in [-0.1, -0.05) is 48.5 Å². The molecule has 26 heavy (non-hydrogen) atoms. The molecule has 0 radical (unpaired) electrons. The maximum Gasteiger partial charge on any atom is 0.179 e. The molecule has 4 nitrogen and oxygen atoms in total. The first-order chi connectivity index (χ1) is 12.9. The van der Waals surface area contributed by atoms with Gasteiger partial charge in [0.15, 0.2) is 11.6 Å². The second-order valence-electron chi connectivity index (χ2n) is 6.75. The smallest absolute Gasteiger partial charge is 0.179 e. The van der Waals surface area contributed by atoms with Gasteiger partial charge in [-0.2, -0.15) is 0 Å². The predicted molar refractivity (Wildman–Crippen MR) is 104 cm³/mol. The third-order valence-electron chi connectivity index (χ3n) is 5.27. The molecule has 0 saturated carbocycles. The lowest BCUT2D eigenvalue weighted by molar-refractivity contribution is 0.724. The fourth-order valence-electron chi connectivity index (χ4n) is 4.16. The van der Waals surface area contributed by atoms with Crippen LogP contribution in [0.15, 0.2) is 78.9 Å². The zero-order valence-electron chi connectivity index (χ0n) is 14.1. The molecular formula is C22H16N4. The summed E-state index contributed by atoms with van der Waals surface area (Å²) in [6, 6.07) is 27.2. The molecule has 3 aromatic carbocycles. The van der Waals surface area contributed by atoms with Crippen molar-refractivity contribution in [3.05, 3.63) is 84.4 Å². The molecule has 0 amide bonds. The minimum Gasteiger partial charge on any atom is -0.301 e. The van der Waals surface area contributed by atoms with E-state index >= 15 is 0 Å². The molecule has 2 aliphatic heterocycles. The Kier molecular flexibility index (Phi) is 2.69. The fourth-order valence-corrected chi connectivity index (χ4v) is 4.16. The second-order valence-corrected chi connectivity index (χ2v) is 6.75. The largest absolute Gasteiger partial charge is 0.301 e. The first-order valence-corrected chi connectivity index (χ1v) is 8.88. The standard InChI is InChI=1S/C22H16N4/c1-2-9-16(10-3-1)25-20-14-15-8-4-7-13-19(15)26(20)22-21(25)23-17-11-5-6-12-18(17)24-22/h1-13,20H,14H2. The van der Waals surface area contributed by atoms with Crippen LogP contribution in [0.1, 0.15) is 5.56 Å². The van der Waals surface area contributed by atoms with E-state index in [1.165, 1.54) is 11.3 Å². The van der Waals surface area contributed by atoms with Crippen LogP contribution in [0, 0.1) is 0 Å². The molecule has 0 bridgehead atoms. The Hall–Kier alpha value is -3.40. The van der Waals surface area contributed by atoms with Gasteiger partial charge in [0.25, 0.3) is 0 Å². The van der Waals surface area contributed by atoms with E-state index in [4.69, 9.17) is 9.97 Å². The first-order valence-electron chi connectivity index (χ1n) is 8.88. The molecule has 0 fully saturated rings. The van der Waals surface area contributed by atoms with Gasteiger partial charge < -0.3 is 9.80 Å². The monoisotopic (exact) mass is 336 g/mol. The number of nitrogens with zero attached hydrogens (tertiary/aromatic N) is 4. The summed E-state index contributed by atoms with van der Waals surface area (Å²) < 4.78 is 0. The molecule has 124 valence electrons. The Morgan fingerprint density at radius 2 is 1.27 bits per heavy atom. The summed E-state index contributed by atoms with van der Waals surface area (Å²) in [5.41, 5.74) is 5.62. The highest BCUT2D eigenvalue weighted by Crippen LogP contribution is 2.51. The highest BCUT2D eigenvalue weighted by atomic mass is 15.5. The number of benzene rings is 3. The quantitative estimate of drug-likeness (QED) is 0.500. The molecule has 1 aromatic heterocycles. The summed E-state index contributed by atoms with van der Waals surface area (Å²) in [5.74, 6) is 1.89. The molecule has 0 N–H and O–H groups in total. The summed E-state index contributed by atoms with van der Waals surface area (Å²) in [7, 11) is 0. The van der Waals surface area contributed by atoms with Gasteiger partial charge in [0.05, 0.1) is 11.0 Å². The zero-order valence-corrected chi connectivity index (χ0v) is 14.1. The number of hydrogen-bond acceptors (Lipinski definition) is 4. The maximum absolute atomic E-state index is 4.99. The third kappa shape index (κ3) is 1.78. The van der Waals surface area contributed by atoms with Crippen molar-refractivity contribution >= 4 is 34.0 Å². The average molecular weight is 336 g/mol. The topological polar surface area (TPSA) is 32.3 Å². The molecule has 6 rings (SSSR count). The Morgan fingerprint density at radius 1 is 0.654 bits per heavy atom. The van der Waals surface area contributed by atoms with E-state index in [-0.39, 0.29) is 6.17 Å². The van der Waals surface area contributed by atoms with Gasteiger partial charge in [0, 0.05) is 17.8 Å². The number of hydrogen-bond donors (Lipinski definition) is 0. The van der Waals surface area contributed by atoms with Crippen molar-refractivity contribution in [1.29, 1.82) is 0 Å². The van der Waals surface area contributed by atoms with Crippen LogP contribution in [0.5, 0.6) is 0 Å². The predicted octanol–water partition coefficient (Wildman–Crippen LogP) is 4.80. The highest BCUT2D eigenvalue weighted by molar-refractivity contribution is 5.91. The van der Waals surface area contributed by atoms with E-state index in [0.29, 0.717) is 0 Å². The van der Waals surface area contributed by atoms with Gasteiger partial charge in [-0.25, -0.2) is 9.97 Å². The molecular weight excluding hydrogens is 320 g/mol. The molecule has 2 aliphatic rings. The van der Waals surface area contributed by atoms with Gasteiger partial charge in [0.2, 0.25) is 0 Å². The fraction of sp³-hybridized carbons (Fsp3) is 0.0909. The van der Waals surface area contributed by atoms with Crippen molar-refractivity contribution in [3.63, 3.8) is 0 Å². The number of fused-ring (bicyclic) bond motifs is 6. The van der Waals surface area contributed by atoms with Crippen molar-refractivity contribution in [1.82, 2.24) is 9.97 Å². The third-order valence-corrected chi connectivity index (χ3v) is 5.27. The van der Waals surface area contributed by atoms with E-state index in [2.05, 4.69) is 58.3 Å². The lowest BCUT2D eigenvalue weighted by Crippen LogP contribution is -2.35. The van der Waals surface area contributed by atoms with Crippen LogP contribution in [0.3, 0.4) is 0 Å². The average Bonchev–Trinajstić information content (AvgIpc) is 3.21. The maximum atomic E-state index is 4.99. The highest BCUT2D eigenvalue weighted by Gasteiger charge is 2.45. The SMILES string of the molecule is c1ccc(N2c3nc4ccccc4nc3N3c4ccccc4CC23)cc1. The molecule has 4 aromatic rings. The molecule has 0 saturated heterocycles. The van der Waals surface area contributed by atoms with Gasteiger partial charge in [-0.05, 0) is 35.9 Å². The molecule has 1 unspecified atom stereocenters. The van der Waals surface area contributed by atoms with E-state index in [1.807, 2.05) is 30.3 Å². The Bertz CT molecular complexity index is 1100. The van der Waals surface area contributed by atoms with Crippen molar-refractivity contribution in [3.8, 4) is 0 Å². The Morgan fingerprint density at radius 3 is 2.04 bits per heavy atom. The van der Waals surface area contributed by atoms with Gasteiger partial charge in [-0.15, -0.1) is 0 Å². The van der Waals surface area contributed by atoms with Gasteiger partial charge >= 0.3 is 0 Å². The van der Waals surface area contributed by atoms with Gasteiger partial charge in [-0.3, -0.25) is 0 Å². The number of rotatable bonds is 1. The van der Waals surface area contributed by atoms with Crippen molar-refractivity contribution in [2.45, 2.75) is 12.6 Å². The van der Waals surface area contributed by atoms with Crippen LogP contribution >= 0.6 is 0 Å². The summed E-state index contributed by atoms with van der Waals surface area (Å²) in [4.78, 5) is 14.7. The molecule has 0 spiro atoms. The van der Waals surface area contributed by atoms with Crippen LogP contribution in [0.25, 0.3) is 11.0 Å². The number of aromatic nitrogens is 2. The summed E-state index contributed by atoms with van der Waals surface area (Å²) in [6.07, 6.45) is 1.14. The lowest BCUT2D eigenvalue weighted by Gasteiger charge is -2.26. The molecule has 4 heteroatoms. The van der Waals surface area contributed by atoms with Crippen LogP contribution in [-0.4, -0.2) is 16.1 Å². The Balaban J connectivity index is 1.64. The van der Waals surface area contributed by atoms with E-state index < -0.39 is 0 Å². The molecule has 1 atom stereocenters. The van der Waals surface area contributed by atoms with Gasteiger partial charge in [0.1, 0.15) is 6.17 Å². The van der Waals surface area contributed by atoms with Crippen LogP contribution in [0.2, 0.25) is 0 Å². The van der Waals surface area contributed by atoms with E-state index in [0.717, 1.165) is 34.8 Å². The van der Waals surface area contributed by atoms with Crippen LogP contribution < -0.4 is 9.80 Å². The van der Waals surface area contributed by atoms with E-state index in [9.17, 15) is 0 Å². The minimum atomic E-state index is 0.182.